The summed E-state index contributed by atoms with van der Waals surface area (Å²) >= 11 is 0. The maximum atomic E-state index is 11.6. The molecule has 0 amide bonds. The first-order chi connectivity index (χ1) is 6.57. The molecule has 0 aliphatic heterocycles. The van der Waals surface area contributed by atoms with Crippen molar-refractivity contribution in [2.24, 2.45) is 0 Å². The third kappa shape index (κ3) is 1.92. The standard InChI is InChI=1S/C11H15NO2/c1-5-14-11(13)10-8(3)7(2)6-12-9(10)4/h6H,5H2,1-4H3. The Labute approximate surface area is 84.1 Å². The summed E-state index contributed by atoms with van der Waals surface area (Å²) in [5, 5.41) is 0. The molecule has 0 saturated carbocycles. The van der Waals surface area contributed by atoms with Crippen molar-refractivity contribution in [3.8, 4) is 0 Å². The number of aryl methyl sites for hydroxylation is 2. The Bertz CT molecular complexity index is 359. The smallest absolute Gasteiger partial charge is 0.340 e. The van der Waals surface area contributed by atoms with Crippen LogP contribution in [0.3, 0.4) is 0 Å². The van der Waals surface area contributed by atoms with Gasteiger partial charge in [-0.1, -0.05) is 0 Å². The summed E-state index contributed by atoms with van der Waals surface area (Å²) in [6, 6.07) is 0. The van der Waals surface area contributed by atoms with Gasteiger partial charge in [0, 0.05) is 6.20 Å². The highest BCUT2D eigenvalue weighted by Crippen LogP contribution is 2.16. The Kier molecular flexibility index (Phi) is 3.23. The van der Waals surface area contributed by atoms with E-state index in [4.69, 9.17) is 4.74 Å². The van der Waals surface area contributed by atoms with Crippen LogP contribution in [0.4, 0.5) is 0 Å². The molecule has 0 radical (unpaired) electrons. The summed E-state index contributed by atoms with van der Waals surface area (Å²) in [5.41, 5.74) is 3.30. The quantitative estimate of drug-likeness (QED) is 0.676. The second-order valence-corrected chi connectivity index (χ2v) is 3.25. The van der Waals surface area contributed by atoms with Crippen LogP contribution in [0.2, 0.25) is 0 Å². The largest absolute Gasteiger partial charge is 0.462 e. The van der Waals surface area contributed by atoms with Gasteiger partial charge in [0.05, 0.1) is 17.9 Å². The molecular weight excluding hydrogens is 178 g/mol. The molecule has 3 heteroatoms. The molecule has 1 rings (SSSR count). The monoisotopic (exact) mass is 193 g/mol. The highest BCUT2D eigenvalue weighted by molar-refractivity contribution is 5.92. The van der Waals surface area contributed by atoms with Crippen LogP contribution < -0.4 is 0 Å². The van der Waals surface area contributed by atoms with Crippen molar-refractivity contribution < 1.29 is 9.53 Å². The number of aromatic nitrogens is 1. The lowest BCUT2D eigenvalue weighted by Gasteiger charge is -2.09. The van der Waals surface area contributed by atoms with E-state index in [-0.39, 0.29) is 5.97 Å². The van der Waals surface area contributed by atoms with E-state index < -0.39 is 0 Å². The van der Waals surface area contributed by atoms with Gasteiger partial charge in [0.15, 0.2) is 0 Å². The number of hydrogen-bond acceptors (Lipinski definition) is 3. The zero-order valence-corrected chi connectivity index (χ0v) is 9.05. The molecule has 1 aromatic rings. The number of hydrogen-bond donors (Lipinski definition) is 0. The molecule has 0 N–H and O–H groups in total. The van der Waals surface area contributed by atoms with Crippen LogP contribution in [-0.4, -0.2) is 17.6 Å². The van der Waals surface area contributed by atoms with Gasteiger partial charge in [-0.05, 0) is 38.8 Å². The zero-order chi connectivity index (χ0) is 10.7. The zero-order valence-electron chi connectivity index (χ0n) is 9.05. The lowest BCUT2D eigenvalue weighted by atomic mass is 10.0. The number of rotatable bonds is 2. The van der Waals surface area contributed by atoms with Crippen molar-refractivity contribution in [1.29, 1.82) is 0 Å². The average molecular weight is 193 g/mol. The Hall–Kier alpha value is -1.38. The van der Waals surface area contributed by atoms with Crippen LogP contribution in [0.15, 0.2) is 6.20 Å². The van der Waals surface area contributed by atoms with Gasteiger partial charge >= 0.3 is 5.97 Å². The van der Waals surface area contributed by atoms with Crippen LogP contribution in [0, 0.1) is 20.8 Å². The normalized spacial score (nSPS) is 10.0. The van der Waals surface area contributed by atoms with E-state index in [1.165, 1.54) is 0 Å². The third-order valence-corrected chi connectivity index (χ3v) is 2.26. The predicted octanol–water partition coefficient (Wildman–Crippen LogP) is 2.18. The first kappa shape index (κ1) is 10.7. The highest BCUT2D eigenvalue weighted by Gasteiger charge is 2.15. The summed E-state index contributed by atoms with van der Waals surface area (Å²) < 4.78 is 4.97. The summed E-state index contributed by atoms with van der Waals surface area (Å²) in [4.78, 5) is 15.7. The second kappa shape index (κ2) is 4.22. The van der Waals surface area contributed by atoms with Crippen molar-refractivity contribution in [2.45, 2.75) is 27.7 Å². The van der Waals surface area contributed by atoms with Gasteiger partial charge < -0.3 is 4.74 Å². The minimum absolute atomic E-state index is 0.279. The van der Waals surface area contributed by atoms with Crippen molar-refractivity contribution >= 4 is 5.97 Å². The number of ether oxygens (including phenoxy) is 1. The summed E-state index contributed by atoms with van der Waals surface area (Å²) in [6.07, 6.45) is 1.77. The fourth-order valence-electron chi connectivity index (χ4n) is 1.33. The molecule has 0 fully saturated rings. The maximum Gasteiger partial charge on any atom is 0.340 e. The van der Waals surface area contributed by atoms with E-state index in [9.17, 15) is 4.79 Å². The van der Waals surface area contributed by atoms with Crippen molar-refractivity contribution in [2.75, 3.05) is 6.61 Å². The van der Waals surface area contributed by atoms with Gasteiger partial charge in [0.2, 0.25) is 0 Å². The highest BCUT2D eigenvalue weighted by atomic mass is 16.5. The predicted molar refractivity (Wildman–Crippen MR) is 54.4 cm³/mol. The SMILES string of the molecule is CCOC(=O)c1c(C)ncc(C)c1C. The molecule has 0 aliphatic carbocycles. The van der Waals surface area contributed by atoms with Crippen LogP contribution in [-0.2, 0) is 4.74 Å². The molecule has 76 valence electrons. The first-order valence-electron chi connectivity index (χ1n) is 4.67. The molecule has 14 heavy (non-hydrogen) atoms. The van der Waals surface area contributed by atoms with Crippen LogP contribution in [0.25, 0.3) is 0 Å². The fraction of sp³-hybridized carbons (Fsp3) is 0.455. The topological polar surface area (TPSA) is 39.2 Å². The van der Waals surface area contributed by atoms with E-state index in [0.29, 0.717) is 12.2 Å². The Balaban J connectivity index is 3.18. The van der Waals surface area contributed by atoms with Gasteiger partial charge in [-0.2, -0.15) is 0 Å². The van der Waals surface area contributed by atoms with Crippen molar-refractivity contribution in [3.05, 3.63) is 28.6 Å². The van der Waals surface area contributed by atoms with E-state index >= 15 is 0 Å². The second-order valence-electron chi connectivity index (χ2n) is 3.25. The van der Waals surface area contributed by atoms with Gasteiger partial charge in [-0.15, -0.1) is 0 Å². The third-order valence-electron chi connectivity index (χ3n) is 2.26. The van der Waals surface area contributed by atoms with Crippen LogP contribution >= 0.6 is 0 Å². The van der Waals surface area contributed by atoms with E-state index in [2.05, 4.69) is 4.98 Å². The number of carbonyl (C=O) groups is 1. The van der Waals surface area contributed by atoms with Gasteiger partial charge in [0.25, 0.3) is 0 Å². The van der Waals surface area contributed by atoms with Crippen LogP contribution in [0.5, 0.6) is 0 Å². The number of nitrogens with zero attached hydrogens (tertiary/aromatic N) is 1. The number of esters is 1. The molecule has 0 unspecified atom stereocenters. The molecule has 0 aliphatic rings. The Morgan fingerprint density at radius 2 is 2.07 bits per heavy atom. The molecular formula is C11H15NO2. The minimum atomic E-state index is -0.279. The van der Waals surface area contributed by atoms with E-state index in [0.717, 1.165) is 16.8 Å². The molecule has 0 bridgehead atoms. The van der Waals surface area contributed by atoms with Gasteiger partial charge in [0.1, 0.15) is 0 Å². The number of carbonyl (C=O) groups excluding carboxylic acids is 1. The molecule has 1 heterocycles. The lowest BCUT2D eigenvalue weighted by molar-refractivity contribution is 0.0524. The maximum absolute atomic E-state index is 11.6. The number of pyridine rings is 1. The molecule has 0 atom stereocenters. The summed E-state index contributed by atoms with van der Waals surface area (Å²) in [6.45, 7) is 7.86. The average Bonchev–Trinajstić information content (AvgIpc) is 2.13. The van der Waals surface area contributed by atoms with E-state index in [1.807, 2.05) is 20.8 Å². The molecule has 0 aromatic carbocycles. The fourth-order valence-corrected chi connectivity index (χ4v) is 1.33. The molecule has 3 nitrogen and oxygen atoms in total. The molecule has 0 saturated heterocycles. The van der Waals surface area contributed by atoms with Crippen molar-refractivity contribution in [3.63, 3.8) is 0 Å². The van der Waals surface area contributed by atoms with Gasteiger partial charge in [-0.3, -0.25) is 4.98 Å². The van der Waals surface area contributed by atoms with Gasteiger partial charge in [-0.25, -0.2) is 4.79 Å². The summed E-state index contributed by atoms with van der Waals surface area (Å²) in [5.74, 6) is -0.279. The lowest BCUT2D eigenvalue weighted by Crippen LogP contribution is -2.11. The molecule has 0 spiro atoms. The Morgan fingerprint density at radius 3 is 2.64 bits per heavy atom. The first-order valence-corrected chi connectivity index (χ1v) is 4.67. The van der Waals surface area contributed by atoms with E-state index in [1.54, 1.807) is 13.1 Å². The van der Waals surface area contributed by atoms with Crippen LogP contribution in [0.1, 0.15) is 34.1 Å². The minimum Gasteiger partial charge on any atom is -0.462 e. The summed E-state index contributed by atoms with van der Waals surface area (Å²) in [7, 11) is 0. The Morgan fingerprint density at radius 1 is 1.43 bits per heavy atom. The molecule has 1 aromatic heterocycles. The van der Waals surface area contributed by atoms with Crippen molar-refractivity contribution in [1.82, 2.24) is 4.98 Å².